The maximum atomic E-state index is 11.9. The quantitative estimate of drug-likeness (QED) is 0.347. The third kappa shape index (κ3) is 7.55. The Kier molecular flexibility index (Phi) is 11.4. The molecule has 1 aliphatic heterocycles. The molecule has 0 aromatic heterocycles. The average Bonchev–Trinajstić information content (AvgIpc) is 2.55. The molecule has 2 N–H and O–H groups in total. The summed E-state index contributed by atoms with van der Waals surface area (Å²) < 4.78 is 25.3. The Morgan fingerprint density at radius 2 is 1.78 bits per heavy atom. The lowest BCUT2D eigenvalue weighted by molar-refractivity contribution is 0.306. The van der Waals surface area contributed by atoms with Gasteiger partial charge >= 0.3 is 0 Å². The van der Waals surface area contributed by atoms with Crippen LogP contribution in [0, 0.1) is 5.92 Å². The molecule has 8 heteroatoms. The van der Waals surface area contributed by atoms with Crippen LogP contribution in [0.25, 0.3) is 0 Å². The van der Waals surface area contributed by atoms with Gasteiger partial charge in [0.1, 0.15) is 0 Å². The van der Waals surface area contributed by atoms with Crippen LogP contribution < -0.4 is 10.6 Å². The molecule has 0 spiro atoms. The lowest BCUT2D eigenvalue weighted by atomic mass is 10.0. The number of hydrogen-bond acceptors (Lipinski definition) is 3. The van der Waals surface area contributed by atoms with E-state index in [0.717, 1.165) is 38.2 Å². The number of aliphatic imine (C=N–C) groups is 1. The van der Waals surface area contributed by atoms with Crippen LogP contribution in [-0.4, -0.2) is 57.2 Å². The molecule has 1 fully saturated rings. The third-order valence-corrected chi connectivity index (χ3v) is 6.37. The van der Waals surface area contributed by atoms with Crippen LogP contribution in [-0.2, 0) is 10.0 Å². The first-order valence-corrected chi connectivity index (χ1v) is 10.0. The molecule has 6 nitrogen and oxygen atoms in total. The van der Waals surface area contributed by atoms with E-state index in [0.29, 0.717) is 19.0 Å². The zero-order chi connectivity index (χ0) is 16.6. The van der Waals surface area contributed by atoms with Gasteiger partial charge in [-0.05, 0) is 25.7 Å². The minimum atomic E-state index is -3.05. The number of halogens is 1. The number of sulfonamides is 1. The van der Waals surface area contributed by atoms with Crippen LogP contribution in [0.5, 0.6) is 0 Å². The largest absolute Gasteiger partial charge is 0.356 e. The number of guanidine groups is 1. The molecule has 1 aliphatic rings. The van der Waals surface area contributed by atoms with Crippen molar-refractivity contribution in [2.24, 2.45) is 10.9 Å². The molecule has 1 saturated heterocycles. The van der Waals surface area contributed by atoms with Gasteiger partial charge in [0.25, 0.3) is 0 Å². The summed E-state index contributed by atoms with van der Waals surface area (Å²) in [5.74, 6) is 1.67. The number of nitrogens with one attached hydrogen (secondary N) is 2. The molecule has 0 atom stereocenters. The monoisotopic (exact) mass is 460 g/mol. The van der Waals surface area contributed by atoms with Crippen molar-refractivity contribution in [2.45, 2.75) is 52.5 Å². The van der Waals surface area contributed by atoms with Crippen molar-refractivity contribution in [3.8, 4) is 0 Å². The summed E-state index contributed by atoms with van der Waals surface area (Å²) >= 11 is 0. The lowest BCUT2D eigenvalue weighted by Crippen LogP contribution is -2.50. The Morgan fingerprint density at radius 1 is 1.22 bits per heavy atom. The van der Waals surface area contributed by atoms with E-state index in [1.54, 1.807) is 18.3 Å². The molecule has 0 aromatic rings. The molecule has 0 bridgehead atoms. The molecule has 1 rings (SSSR count). The van der Waals surface area contributed by atoms with Gasteiger partial charge in [-0.2, -0.15) is 0 Å². The maximum Gasteiger partial charge on any atom is 0.213 e. The number of rotatable bonds is 7. The van der Waals surface area contributed by atoms with Crippen LogP contribution in [0.3, 0.4) is 0 Å². The summed E-state index contributed by atoms with van der Waals surface area (Å²) in [5.41, 5.74) is 0. The van der Waals surface area contributed by atoms with Gasteiger partial charge in [-0.15, -0.1) is 24.0 Å². The highest BCUT2D eigenvalue weighted by Crippen LogP contribution is 2.14. The molecule has 138 valence electrons. The molecule has 0 unspecified atom stereocenters. The Bertz CT molecular complexity index is 444. The Labute approximate surface area is 159 Å². The average molecular weight is 460 g/mol. The summed E-state index contributed by atoms with van der Waals surface area (Å²) in [7, 11) is -1.27. The van der Waals surface area contributed by atoms with Gasteiger partial charge in [-0.25, -0.2) is 12.7 Å². The highest BCUT2D eigenvalue weighted by Gasteiger charge is 2.26. The SMILES string of the molecule is CCC(CC)CNC(=NC)NC1CCN(S(=O)(=O)CC)CC1.I. The zero-order valence-electron chi connectivity index (χ0n) is 14.8. The summed E-state index contributed by atoms with van der Waals surface area (Å²) in [6, 6.07) is 0.288. The van der Waals surface area contributed by atoms with Crippen LogP contribution >= 0.6 is 24.0 Å². The fourth-order valence-electron chi connectivity index (χ4n) is 2.67. The van der Waals surface area contributed by atoms with E-state index in [2.05, 4.69) is 29.5 Å². The van der Waals surface area contributed by atoms with Gasteiger partial charge < -0.3 is 10.6 Å². The van der Waals surface area contributed by atoms with E-state index in [4.69, 9.17) is 0 Å². The highest BCUT2D eigenvalue weighted by molar-refractivity contribution is 14.0. The standard InChI is InChI=1S/C15H32N4O2S.HI/c1-5-13(6-2)12-17-15(16-4)18-14-8-10-19(11-9-14)22(20,21)7-3;/h13-14H,5-12H2,1-4H3,(H2,16,17,18);1H. The summed E-state index contributed by atoms with van der Waals surface area (Å²) in [6.45, 7) is 8.22. The first-order valence-electron chi connectivity index (χ1n) is 8.41. The summed E-state index contributed by atoms with van der Waals surface area (Å²) in [4.78, 5) is 4.27. The molecule has 0 amide bonds. The highest BCUT2D eigenvalue weighted by atomic mass is 127. The van der Waals surface area contributed by atoms with Crippen molar-refractivity contribution < 1.29 is 8.42 Å². The second kappa shape index (κ2) is 11.5. The molecular weight excluding hydrogens is 427 g/mol. The van der Waals surface area contributed by atoms with Crippen molar-refractivity contribution >= 4 is 40.0 Å². The Balaban J connectivity index is 0.00000484. The fraction of sp³-hybridized carbons (Fsp3) is 0.933. The van der Waals surface area contributed by atoms with Gasteiger partial charge in [0.2, 0.25) is 10.0 Å². The minimum absolute atomic E-state index is 0. The van der Waals surface area contributed by atoms with Crippen LogP contribution in [0.15, 0.2) is 4.99 Å². The van der Waals surface area contributed by atoms with E-state index in [1.165, 1.54) is 0 Å². The normalized spacial score (nSPS) is 17.9. The topological polar surface area (TPSA) is 73.8 Å². The van der Waals surface area contributed by atoms with E-state index in [9.17, 15) is 8.42 Å². The van der Waals surface area contributed by atoms with Crippen molar-refractivity contribution in [3.63, 3.8) is 0 Å². The number of piperidine rings is 1. The third-order valence-electron chi connectivity index (χ3n) is 4.49. The van der Waals surface area contributed by atoms with Gasteiger partial charge in [0, 0.05) is 32.7 Å². The van der Waals surface area contributed by atoms with Crippen molar-refractivity contribution in [1.29, 1.82) is 0 Å². The summed E-state index contributed by atoms with van der Waals surface area (Å²) in [5, 5.41) is 6.79. The molecule has 0 aliphatic carbocycles. The van der Waals surface area contributed by atoms with Crippen molar-refractivity contribution in [1.82, 2.24) is 14.9 Å². The van der Waals surface area contributed by atoms with E-state index >= 15 is 0 Å². The molecule has 0 radical (unpaired) electrons. The van der Waals surface area contributed by atoms with Gasteiger partial charge in [0.15, 0.2) is 5.96 Å². The predicted molar refractivity (Wildman–Crippen MR) is 108 cm³/mol. The zero-order valence-corrected chi connectivity index (χ0v) is 18.0. The number of nitrogens with zero attached hydrogens (tertiary/aromatic N) is 2. The predicted octanol–water partition coefficient (Wildman–Crippen LogP) is 2.02. The molecular formula is C15H33IN4O2S. The molecule has 0 aromatic carbocycles. The first kappa shape index (κ1) is 22.9. The minimum Gasteiger partial charge on any atom is -0.356 e. The van der Waals surface area contributed by atoms with Gasteiger partial charge in [0.05, 0.1) is 5.75 Å². The van der Waals surface area contributed by atoms with Crippen molar-refractivity contribution in [3.05, 3.63) is 0 Å². The van der Waals surface area contributed by atoms with Crippen molar-refractivity contribution in [2.75, 3.05) is 32.4 Å². The lowest BCUT2D eigenvalue weighted by Gasteiger charge is -2.32. The van der Waals surface area contributed by atoms with E-state index in [-0.39, 0.29) is 35.8 Å². The number of hydrogen-bond donors (Lipinski definition) is 2. The van der Waals surface area contributed by atoms with Crippen LogP contribution in [0.4, 0.5) is 0 Å². The van der Waals surface area contributed by atoms with E-state index in [1.807, 2.05) is 0 Å². The molecule has 0 saturated carbocycles. The van der Waals surface area contributed by atoms with E-state index < -0.39 is 10.0 Å². The second-order valence-electron chi connectivity index (χ2n) is 5.85. The summed E-state index contributed by atoms with van der Waals surface area (Å²) in [6.07, 6.45) is 3.97. The molecule has 23 heavy (non-hydrogen) atoms. The smallest absolute Gasteiger partial charge is 0.213 e. The molecule has 1 heterocycles. The first-order chi connectivity index (χ1) is 10.5. The Hall–Kier alpha value is -0.0900. The fourth-order valence-corrected chi connectivity index (χ4v) is 3.80. The Morgan fingerprint density at radius 3 is 2.22 bits per heavy atom. The van der Waals surface area contributed by atoms with Crippen LogP contribution in [0.2, 0.25) is 0 Å². The maximum absolute atomic E-state index is 11.9. The van der Waals surface area contributed by atoms with Gasteiger partial charge in [-0.3, -0.25) is 4.99 Å². The second-order valence-corrected chi connectivity index (χ2v) is 8.11. The van der Waals surface area contributed by atoms with Gasteiger partial charge in [-0.1, -0.05) is 26.7 Å². The van der Waals surface area contributed by atoms with Crippen LogP contribution in [0.1, 0.15) is 46.5 Å².